The smallest absolute Gasteiger partial charge is 0.315 e. The minimum Gasteiger partial charge on any atom is -0.493 e. The van der Waals surface area contributed by atoms with Crippen LogP contribution in [0.3, 0.4) is 0 Å². The van der Waals surface area contributed by atoms with Crippen molar-refractivity contribution in [2.75, 3.05) is 24.7 Å². The number of hydrogen-bond donors (Lipinski definition) is 0. The van der Waals surface area contributed by atoms with Crippen LogP contribution in [0.2, 0.25) is 0 Å². The van der Waals surface area contributed by atoms with Crippen molar-refractivity contribution >= 4 is 33.7 Å². The Labute approximate surface area is 114 Å². The van der Waals surface area contributed by atoms with Gasteiger partial charge in [0.15, 0.2) is 0 Å². The lowest BCUT2D eigenvalue weighted by atomic mass is 10.3. The van der Waals surface area contributed by atoms with Crippen molar-refractivity contribution in [3.05, 3.63) is 28.7 Å². The average molecular weight is 319 g/mol. The van der Waals surface area contributed by atoms with Crippen LogP contribution in [-0.4, -0.2) is 30.7 Å². The molecule has 0 atom stereocenters. The number of halogens is 1. The molecular weight excluding hydrogens is 304 g/mol. The quantitative estimate of drug-likeness (QED) is 0.571. The molecule has 0 spiro atoms. The zero-order valence-corrected chi connectivity index (χ0v) is 12.1. The summed E-state index contributed by atoms with van der Waals surface area (Å²) in [5.41, 5.74) is 0. The molecule has 0 fully saturated rings. The Morgan fingerprint density at radius 3 is 3.00 bits per heavy atom. The molecular formula is C12H15BrO3S. The third kappa shape index (κ3) is 6.58. The zero-order chi connectivity index (χ0) is 12.5. The summed E-state index contributed by atoms with van der Waals surface area (Å²) in [4.78, 5) is 11.0. The topological polar surface area (TPSA) is 35.5 Å². The Hall–Kier alpha value is -0.680. The van der Waals surface area contributed by atoms with Crippen LogP contribution in [0.25, 0.3) is 0 Å². The molecule has 5 heteroatoms. The fraction of sp³-hybridized carbons (Fsp3) is 0.417. The number of rotatable bonds is 7. The number of esters is 1. The molecule has 1 aromatic rings. The molecule has 0 aliphatic rings. The molecule has 3 nitrogen and oxygen atoms in total. The molecule has 1 rings (SSSR count). The van der Waals surface area contributed by atoms with Gasteiger partial charge in [0.05, 0.1) is 19.0 Å². The largest absolute Gasteiger partial charge is 0.493 e. The van der Waals surface area contributed by atoms with E-state index in [1.807, 2.05) is 24.3 Å². The van der Waals surface area contributed by atoms with E-state index in [1.165, 1.54) is 11.8 Å². The van der Waals surface area contributed by atoms with Crippen molar-refractivity contribution in [2.24, 2.45) is 0 Å². The van der Waals surface area contributed by atoms with Crippen LogP contribution in [0, 0.1) is 0 Å². The Bertz CT molecular complexity index is 357. The fourth-order valence-electron chi connectivity index (χ4n) is 1.13. The zero-order valence-electron chi connectivity index (χ0n) is 9.65. The first-order chi connectivity index (χ1) is 8.22. The Kier molecular flexibility index (Phi) is 7.12. The van der Waals surface area contributed by atoms with E-state index in [9.17, 15) is 4.79 Å². The van der Waals surface area contributed by atoms with Gasteiger partial charge in [0.25, 0.3) is 0 Å². The van der Waals surface area contributed by atoms with Crippen LogP contribution in [0.15, 0.2) is 28.7 Å². The van der Waals surface area contributed by atoms with Crippen molar-refractivity contribution in [3.63, 3.8) is 0 Å². The van der Waals surface area contributed by atoms with Crippen LogP contribution in [-0.2, 0) is 9.53 Å². The number of ether oxygens (including phenoxy) is 2. The van der Waals surface area contributed by atoms with Gasteiger partial charge in [-0.05, 0) is 25.1 Å². The number of carbonyl (C=O) groups excluding carboxylic acids is 1. The van der Waals surface area contributed by atoms with Crippen molar-refractivity contribution < 1.29 is 14.3 Å². The molecule has 0 amide bonds. The molecule has 94 valence electrons. The summed E-state index contributed by atoms with van der Waals surface area (Å²) in [6, 6.07) is 7.68. The van der Waals surface area contributed by atoms with E-state index in [0.717, 1.165) is 16.0 Å². The van der Waals surface area contributed by atoms with Gasteiger partial charge < -0.3 is 9.47 Å². The Morgan fingerprint density at radius 1 is 1.47 bits per heavy atom. The van der Waals surface area contributed by atoms with Gasteiger partial charge in [-0.15, -0.1) is 11.8 Å². The van der Waals surface area contributed by atoms with Gasteiger partial charge >= 0.3 is 5.97 Å². The highest BCUT2D eigenvalue weighted by Crippen LogP contribution is 2.17. The van der Waals surface area contributed by atoms with E-state index in [0.29, 0.717) is 19.0 Å². The van der Waals surface area contributed by atoms with E-state index < -0.39 is 0 Å². The molecule has 0 saturated carbocycles. The van der Waals surface area contributed by atoms with Crippen LogP contribution in [0.4, 0.5) is 0 Å². The highest BCUT2D eigenvalue weighted by Gasteiger charge is 2.01. The minimum absolute atomic E-state index is 0.167. The standard InChI is InChI=1S/C12H15BrO3S/c1-2-15-12(14)9-17-7-6-16-11-5-3-4-10(13)8-11/h3-5,8H,2,6-7,9H2,1H3. The van der Waals surface area contributed by atoms with Gasteiger partial charge in [0.1, 0.15) is 5.75 Å². The average Bonchev–Trinajstić information content (AvgIpc) is 2.29. The SMILES string of the molecule is CCOC(=O)CSCCOc1cccc(Br)c1. The van der Waals surface area contributed by atoms with E-state index in [2.05, 4.69) is 15.9 Å². The first kappa shape index (κ1) is 14.4. The first-order valence-electron chi connectivity index (χ1n) is 5.34. The van der Waals surface area contributed by atoms with Crippen molar-refractivity contribution in [1.29, 1.82) is 0 Å². The van der Waals surface area contributed by atoms with Gasteiger partial charge in [0, 0.05) is 10.2 Å². The van der Waals surface area contributed by atoms with Gasteiger partial charge in [-0.25, -0.2) is 0 Å². The molecule has 0 aromatic heterocycles. The van der Waals surface area contributed by atoms with E-state index in [1.54, 1.807) is 6.92 Å². The first-order valence-corrected chi connectivity index (χ1v) is 7.29. The molecule has 0 aliphatic carbocycles. The second-order valence-electron chi connectivity index (χ2n) is 3.16. The summed E-state index contributed by atoms with van der Waals surface area (Å²) in [5, 5.41) is 0. The molecule has 0 unspecified atom stereocenters. The molecule has 0 aliphatic heterocycles. The summed E-state index contributed by atoms with van der Waals surface area (Å²) in [6.45, 7) is 2.83. The number of thioether (sulfide) groups is 1. The van der Waals surface area contributed by atoms with Crippen LogP contribution in [0.5, 0.6) is 5.75 Å². The maximum absolute atomic E-state index is 11.0. The molecule has 0 heterocycles. The predicted octanol–water partition coefficient (Wildman–Crippen LogP) is 3.12. The fourth-order valence-corrected chi connectivity index (χ4v) is 2.11. The number of hydrogen-bond acceptors (Lipinski definition) is 4. The maximum Gasteiger partial charge on any atom is 0.315 e. The second kappa shape index (κ2) is 8.42. The highest BCUT2D eigenvalue weighted by atomic mass is 79.9. The summed E-state index contributed by atoms with van der Waals surface area (Å²) >= 11 is 4.89. The van der Waals surface area contributed by atoms with E-state index in [-0.39, 0.29) is 5.97 Å². The summed E-state index contributed by atoms with van der Waals surface area (Å²) < 4.78 is 11.3. The molecule has 0 N–H and O–H groups in total. The van der Waals surface area contributed by atoms with Crippen LogP contribution >= 0.6 is 27.7 Å². The van der Waals surface area contributed by atoms with E-state index in [4.69, 9.17) is 9.47 Å². The van der Waals surface area contributed by atoms with E-state index >= 15 is 0 Å². The monoisotopic (exact) mass is 318 g/mol. The van der Waals surface area contributed by atoms with Gasteiger partial charge in [-0.2, -0.15) is 0 Å². The van der Waals surface area contributed by atoms with Crippen LogP contribution < -0.4 is 4.74 Å². The minimum atomic E-state index is -0.167. The molecule has 0 radical (unpaired) electrons. The van der Waals surface area contributed by atoms with Crippen molar-refractivity contribution in [2.45, 2.75) is 6.92 Å². The number of benzene rings is 1. The molecule has 17 heavy (non-hydrogen) atoms. The highest BCUT2D eigenvalue weighted by molar-refractivity contribution is 9.10. The van der Waals surface area contributed by atoms with Gasteiger partial charge in [0.2, 0.25) is 0 Å². The van der Waals surface area contributed by atoms with Gasteiger partial charge in [-0.1, -0.05) is 22.0 Å². The predicted molar refractivity (Wildman–Crippen MR) is 73.6 cm³/mol. The summed E-state index contributed by atoms with van der Waals surface area (Å²) in [6.07, 6.45) is 0. The van der Waals surface area contributed by atoms with Gasteiger partial charge in [-0.3, -0.25) is 4.79 Å². The summed E-state index contributed by atoms with van der Waals surface area (Å²) in [5.74, 6) is 1.82. The summed E-state index contributed by atoms with van der Waals surface area (Å²) in [7, 11) is 0. The lowest BCUT2D eigenvalue weighted by Gasteiger charge is -2.06. The van der Waals surface area contributed by atoms with Crippen LogP contribution in [0.1, 0.15) is 6.92 Å². The lowest BCUT2D eigenvalue weighted by Crippen LogP contribution is -2.09. The Balaban J connectivity index is 2.10. The molecule has 1 aromatic carbocycles. The molecule has 0 bridgehead atoms. The second-order valence-corrected chi connectivity index (χ2v) is 5.18. The lowest BCUT2D eigenvalue weighted by molar-refractivity contribution is -0.139. The third-order valence-corrected chi connectivity index (χ3v) is 3.21. The third-order valence-electron chi connectivity index (χ3n) is 1.82. The maximum atomic E-state index is 11.0. The Morgan fingerprint density at radius 2 is 2.29 bits per heavy atom. The number of carbonyl (C=O) groups is 1. The normalized spacial score (nSPS) is 10.0. The van der Waals surface area contributed by atoms with Crippen molar-refractivity contribution in [3.8, 4) is 5.75 Å². The molecule has 0 saturated heterocycles. The van der Waals surface area contributed by atoms with Crippen molar-refractivity contribution in [1.82, 2.24) is 0 Å².